The van der Waals surface area contributed by atoms with Gasteiger partial charge in [0.1, 0.15) is 11.6 Å². The van der Waals surface area contributed by atoms with Crippen molar-refractivity contribution in [1.82, 2.24) is 9.97 Å². The number of nitrogens with one attached hydrogen (secondary N) is 1. The topological polar surface area (TPSA) is 92.3 Å². The van der Waals surface area contributed by atoms with E-state index < -0.39 is 10.8 Å². The molecule has 1 aliphatic rings. The number of hydrogen-bond donors (Lipinski definition) is 1. The smallest absolute Gasteiger partial charge is 0.233 e. The average Bonchev–Trinajstić information content (AvgIpc) is 3.06. The van der Waals surface area contributed by atoms with Crippen LogP contribution in [0.2, 0.25) is 5.02 Å². The van der Waals surface area contributed by atoms with Crippen molar-refractivity contribution in [2.24, 2.45) is 5.92 Å². The van der Waals surface area contributed by atoms with Crippen LogP contribution in [-0.4, -0.2) is 31.7 Å². The van der Waals surface area contributed by atoms with Gasteiger partial charge in [-0.25, -0.2) is 9.97 Å². The molecule has 0 saturated heterocycles. The van der Waals surface area contributed by atoms with E-state index in [0.29, 0.717) is 48.0 Å². The SMILES string of the molecule is CCCS(=O)c1nc(NC(=O)C(CC)CC)c2c(n1)N(Cc1ccc(Cl)cc1)C(=O)C2. The molecule has 0 radical (unpaired) electrons. The minimum atomic E-state index is -1.42. The van der Waals surface area contributed by atoms with Crippen LogP contribution in [0.25, 0.3) is 0 Å². The van der Waals surface area contributed by atoms with E-state index in [1.165, 1.54) is 0 Å². The maximum atomic E-state index is 12.8. The van der Waals surface area contributed by atoms with Crippen molar-refractivity contribution < 1.29 is 13.8 Å². The van der Waals surface area contributed by atoms with Gasteiger partial charge in [-0.05, 0) is 37.0 Å². The second-order valence-corrected chi connectivity index (χ2v) is 9.39. The molecule has 0 spiro atoms. The summed E-state index contributed by atoms with van der Waals surface area (Å²) in [6.45, 7) is 6.14. The monoisotopic (exact) mass is 462 g/mol. The van der Waals surface area contributed by atoms with Crippen LogP contribution < -0.4 is 10.2 Å². The number of fused-ring (bicyclic) bond motifs is 1. The first-order chi connectivity index (χ1) is 14.9. The van der Waals surface area contributed by atoms with Crippen LogP contribution in [0.1, 0.15) is 51.2 Å². The maximum Gasteiger partial charge on any atom is 0.233 e. The van der Waals surface area contributed by atoms with Gasteiger partial charge in [0, 0.05) is 22.3 Å². The van der Waals surface area contributed by atoms with Gasteiger partial charge in [0.15, 0.2) is 0 Å². The number of carbonyl (C=O) groups is 2. The Bertz CT molecular complexity index is 993. The van der Waals surface area contributed by atoms with Crippen molar-refractivity contribution in [3.05, 3.63) is 40.4 Å². The number of halogens is 1. The Balaban J connectivity index is 2.01. The first kappa shape index (κ1) is 23.3. The Labute approximate surface area is 190 Å². The number of anilines is 2. The summed E-state index contributed by atoms with van der Waals surface area (Å²) >= 11 is 5.97. The third kappa shape index (κ3) is 5.30. The number of benzene rings is 1. The van der Waals surface area contributed by atoms with Crippen molar-refractivity contribution in [3.8, 4) is 0 Å². The molecule has 166 valence electrons. The number of nitrogens with zero attached hydrogens (tertiary/aromatic N) is 3. The normalized spacial score (nSPS) is 14.1. The van der Waals surface area contributed by atoms with Gasteiger partial charge in [0.25, 0.3) is 0 Å². The predicted molar refractivity (Wildman–Crippen MR) is 123 cm³/mol. The molecule has 31 heavy (non-hydrogen) atoms. The number of hydrogen-bond acceptors (Lipinski definition) is 5. The Morgan fingerprint density at radius 1 is 1.19 bits per heavy atom. The van der Waals surface area contributed by atoms with Gasteiger partial charge in [0.05, 0.1) is 23.8 Å². The molecule has 2 amide bonds. The van der Waals surface area contributed by atoms with Crippen molar-refractivity contribution in [2.45, 2.75) is 58.2 Å². The molecule has 0 saturated carbocycles. The van der Waals surface area contributed by atoms with E-state index in [4.69, 9.17) is 11.6 Å². The summed E-state index contributed by atoms with van der Waals surface area (Å²) in [5, 5.41) is 3.62. The lowest BCUT2D eigenvalue weighted by Crippen LogP contribution is -2.27. The fourth-order valence-corrected chi connectivity index (χ4v) is 4.56. The van der Waals surface area contributed by atoms with E-state index in [0.717, 1.165) is 5.56 Å². The summed E-state index contributed by atoms with van der Waals surface area (Å²) in [5.41, 5.74) is 1.46. The number of amides is 2. The lowest BCUT2D eigenvalue weighted by molar-refractivity contribution is -0.120. The summed E-state index contributed by atoms with van der Waals surface area (Å²) in [6, 6.07) is 7.23. The van der Waals surface area contributed by atoms with E-state index >= 15 is 0 Å². The molecule has 0 bridgehead atoms. The largest absolute Gasteiger partial charge is 0.310 e. The molecule has 0 aliphatic carbocycles. The van der Waals surface area contributed by atoms with E-state index in [-0.39, 0.29) is 35.1 Å². The summed E-state index contributed by atoms with van der Waals surface area (Å²) < 4.78 is 12.7. The van der Waals surface area contributed by atoms with Gasteiger partial charge in [-0.1, -0.05) is 44.5 Å². The molecule has 1 atom stereocenters. The first-order valence-electron chi connectivity index (χ1n) is 10.5. The Hall–Kier alpha value is -2.32. The molecule has 2 heterocycles. The molecule has 7 nitrogen and oxygen atoms in total. The van der Waals surface area contributed by atoms with Crippen LogP contribution in [-0.2, 0) is 33.4 Å². The summed E-state index contributed by atoms with van der Waals surface area (Å²) in [5.74, 6) is 0.654. The molecule has 1 N–H and O–H groups in total. The zero-order chi connectivity index (χ0) is 22.5. The van der Waals surface area contributed by atoms with Crippen molar-refractivity contribution >= 4 is 45.9 Å². The van der Waals surface area contributed by atoms with E-state index in [9.17, 15) is 13.8 Å². The van der Waals surface area contributed by atoms with E-state index in [2.05, 4.69) is 15.3 Å². The zero-order valence-electron chi connectivity index (χ0n) is 18.0. The lowest BCUT2D eigenvalue weighted by Gasteiger charge is -2.18. The summed E-state index contributed by atoms with van der Waals surface area (Å²) in [7, 11) is -1.42. The molecule has 1 unspecified atom stereocenters. The number of carbonyl (C=O) groups excluding carboxylic acids is 2. The van der Waals surface area contributed by atoms with Gasteiger partial charge in [-0.3, -0.25) is 18.7 Å². The summed E-state index contributed by atoms with van der Waals surface area (Å²) in [4.78, 5) is 36.0. The molecule has 1 aromatic carbocycles. The van der Waals surface area contributed by atoms with E-state index in [1.807, 2.05) is 32.9 Å². The van der Waals surface area contributed by atoms with Crippen molar-refractivity contribution in [2.75, 3.05) is 16.0 Å². The molecule has 1 aromatic heterocycles. The first-order valence-corrected chi connectivity index (χ1v) is 12.2. The molecule has 9 heteroatoms. The minimum absolute atomic E-state index is 0.0855. The molecular formula is C22H27ClN4O3S. The Morgan fingerprint density at radius 2 is 1.87 bits per heavy atom. The molecule has 3 rings (SSSR count). The van der Waals surface area contributed by atoms with Gasteiger partial charge in [-0.15, -0.1) is 0 Å². The van der Waals surface area contributed by atoms with Gasteiger partial charge in [0.2, 0.25) is 17.0 Å². The highest BCUT2D eigenvalue weighted by Crippen LogP contribution is 2.34. The minimum Gasteiger partial charge on any atom is -0.310 e. The second-order valence-electron chi connectivity index (χ2n) is 7.49. The van der Waals surface area contributed by atoms with Crippen LogP contribution >= 0.6 is 11.6 Å². The van der Waals surface area contributed by atoms with Crippen LogP contribution in [0.15, 0.2) is 29.4 Å². The molecule has 0 fully saturated rings. The van der Waals surface area contributed by atoms with Gasteiger partial charge < -0.3 is 5.32 Å². The third-order valence-electron chi connectivity index (χ3n) is 5.29. The quantitative estimate of drug-likeness (QED) is 0.566. The third-order valence-corrected chi connectivity index (χ3v) is 6.92. The van der Waals surface area contributed by atoms with Gasteiger partial charge >= 0.3 is 0 Å². The average molecular weight is 463 g/mol. The highest BCUT2D eigenvalue weighted by molar-refractivity contribution is 7.84. The fraction of sp³-hybridized carbons (Fsp3) is 0.455. The maximum absolute atomic E-state index is 12.8. The number of rotatable bonds is 9. The number of aromatic nitrogens is 2. The van der Waals surface area contributed by atoms with Gasteiger partial charge in [-0.2, -0.15) is 0 Å². The van der Waals surface area contributed by atoms with Crippen LogP contribution in [0.4, 0.5) is 11.6 Å². The van der Waals surface area contributed by atoms with Crippen LogP contribution in [0, 0.1) is 5.92 Å². The Morgan fingerprint density at radius 3 is 2.48 bits per heavy atom. The second kappa shape index (κ2) is 10.3. The van der Waals surface area contributed by atoms with E-state index in [1.54, 1.807) is 17.0 Å². The highest BCUT2D eigenvalue weighted by atomic mass is 35.5. The standard InChI is InChI=1S/C22H27ClN4O3S/c1-4-11-31(30)22-25-19(24-21(29)15(5-2)6-3)17-12-18(28)27(20(17)26-22)13-14-7-9-16(23)10-8-14/h7-10,15H,4-6,11-13H2,1-3H3,(H,24,25,26,29). The van der Waals surface area contributed by atoms with Crippen LogP contribution in [0.5, 0.6) is 0 Å². The highest BCUT2D eigenvalue weighted by Gasteiger charge is 2.34. The summed E-state index contributed by atoms with van der Waals surface area (Å²) in [6.07, 6.45) is 2.19. The predicted octanol–water partition coefficient (Wildman–Crippen LogP) is 4.11. The van der Waals surface area contributed by atoms with Crippen LogP contribution in [0.3, 0.4) is 0 Å². The fourth-order valence-electron chi connectivity index (χ4n) is 3.50. The van der Waals surface area contributed by atoms with Crippen molar-refractivity contribution in [3.63, 3.8) is 0 Å². The zero-order valence-corrected chi connectivity index (χ0v) is 19.6. The Kier molecular flexibility index (Phi) is 7.78. The molecular weight excluding hydrogens is 436 g/mol. The molecule has 1 aliphatic heterocycles. The lowest BCUT2D eigenvalue weighted by atomic mass is 10.0. The van der Waals surface area contributed by atoms with Crippen molar-refractivity contribution in [1.29, 1.82) is 0 Å². The molecule has 2 aromatic rings.